The Hall–Kier alpha value is -0.950. The molecule has 1 aliphatic heterocycles. The second-order valence-electron chi connectivity index (χ2n) is 5.09. The molecule has 0 saturated carbocycles. The topological polar surface area (TPSA) is 56.3 Å². The second kappa shape index (κ2) is 8.24. The van der Waals surface area contributed by atoms with Gasteiger partial charge in [0.25, 0.3) is 0 Å². The van der Waals surface area contributed by atoms with Crippen LogP contribution in [0.1, 0.15) is 12.8 Å². The van der Waals surface area contributed by atoms with Gasteiger partial charge in [-0.25, -0.2) is 9.97 Å². The minimum absolute atomic E-state index is 0. The number of ether oxygens (including phenoxy) is 2. The number of rotatable bonds is 4. The molecule has 1 N–H and O–H groups in total. The summed E-state index contributed by atoms with van der Waals surface area (Å²) < 4.78 is 10.7. The molecule has 1 aromatic heterocycles. The molecule has 8 heteroatoms. The maximum absolute atomic E-state index is 6.09. The molecular weight excluding hydrogens is 357 g/mol. The molecule has 0 aliphatic carbocycles. The fourth-order valence-electron chi connectivity index (χ4n) is 2.56. The number of nitrogens with one attached hydrogen (secondary N) is 1. The number of hydrogen-bond acceptors (Lipinski definition) is 6. The molecule has 2 heterocycles. The van der Waals surface area contributed by atoms with Crippen LogP contribution in [0.4, 0.5) is 0 Å². The van der Waals surface area contributed by atoms with E-state index in [2.05, 4.69) is 15.3 Å². The Morgan fingerprint density at radius 1 is 1.13 bits per heavy atom. The lowest BCUT2D eigenvalue weighted by molar-refractivity contribution is 0.355. The molecule has 0 amide bonds. The Morgan fingerprint density at radius 3 is 2.43 bits per heavy atom. The zero-order valence-electron chi connectivity index (χ0n) is 13.0. The van der Waals surface area contributed by atoms with Gasteiger partial charge in [0.2, 0.25) is 5.28 Å². The van der Waals surface area contributed by atoms with E-state index in [0.29, 0.717) is 16.7 Å². The van der Waals surface area contributed by atoms with Gasteiger partial charge in [0.1, 0.15) is 5.03 Å². The number of methoxy groups -OCH3 is 2. The normalized spacial score (nSPS) is 15.3. The summed E-state index contributed by atoms with van der Waals surface area (Å²) >= 11 is 7.86. The molecule has 1 aliphatic rings. The van der Waals surface area contributed by atoms with Crippen molar-refractivity contribution >= 4 is 46.7 Å². The third-order valence-electron chi connectivity index (χ3n) is 3.70. The SMILES string of the molecule is COc1cc2nc(Cl)nc(SC3CCNCC3)c2cc1OC.Cl. The minimum atomic E-state index is 0. The van der Waals surface area contributed by atoms with Crippen molar-refractivity contribution < 1.29 is 9.47 Å². The molecule has 2 aromatic rings. The van der Waals surface area contributed by atoms with E-state index < -0.39 is 0 Å². The number of hydrogen-bond donors (Lipinski definition) is 1. The van der Waals surface area contributed by atoms with E-state index in [4.69, 9.17) is 21.1 Å². The number of aromatic nitrogens is 2. The summed E-state index contributed by atoms with van der Waals surface area (Å²) in [6.45, 7) is 2.09. The average molecular weight is 376 g/mol. The summed E-state index contributed by atoms with van der Waals surface area (Å²) in [5.74, 6) is 1.32. The van der Waals surface area contributed by atoms with E-state index >= 15 is 0 Å². The van der Waals surface area contributed by atoms with Gasteiger partial charge in [-0.05, 0) is 43.6 Å². The molecule has 1 fully saturated rings. The van der Waals surface area contributed by atoms with Crippen LogP contribution >= 0.6 is 35.8 Å². The van der Waals surface area contributed by atoms with Crippen molar-refractivity contribution in [3.63, 3.8) is 0 Å². The zero-order valence-corrected chi connectivity index (χ0v) is 15.4. The van der Waals surface area contributed by atoms with Gasteiger partial charge >= 0.3 is 0 Å². The predicted octanol–water partition coefficient (Wildman–Crippen LogP) is 3.57. The highest BCUT2D eigenvalue weighted by molar-refractivity contribution is 8.00. The van der Waals surface area contributed by atoms with Crippen molar-refractivity contribution in [1.82, 2.24) is 15.3 Å². The number of halogens is 2. The number of fused-ring (bicyclic) bond motifs is 1. The Balaban J connectivity index is 0.00000192. The largest absolute Gasteiger partial charge is 0.493 e. The van der Waals surface area contributed by atoms with Crippen LogP contribution in [0.2, 0.25) is 5.28 Å². The van der Waals surface area contributed by atoms with E-state index in [1.807, 2.05) is 12.1 Å². The minimum Gasteiger partial charge on any atom is -0.493 e. The number of benzene rings is 1. The number of piperidine rings is 1. The fraction of sp³-hybridized carbons (Fsp3) is 0.467. The van der Waals surface area contributed by atoms with Crippen molar-refractivity contribution in [2.24, 2.45) is 0 Å². The summed E-state index contributed by atoms with van der Waals surface area (Å²) in [5.41, 5.74) is 0.772. The van der Waals surface area contributed by atoms with E-state index in [1.165, 1.54) is 0 Å². The van der Waals surface area contributed by atoms with E-state index in [0.717, 1.165) is 41.9 Å². The van der Waals surface area contributed by atoms with Gasteiger partial charge < -0.3 is 14.8 Å². The molecule has 0 radical (unpaired) electrons. The summed E-state index contributed by atoms with van der Waals surface area (Å²) in [5, 5.41) is 6.03. The highest BCUT2D eigenvalue weighted by Crippen LogP contribution is 2.38. The standard InChI is InChI=1S/C15H18ClN3O2S.ClH/c1-20-12-7-10-11(8-13(12)21-2)18-15(16)19-14(10)22-9-3-5-17-6-4-9;/h7-9,17H,3-6H2,1-2H3;1H. The van der Waals surface area contributed by atoms with E-state index in [-0.39, 0.29) is 17.7 Å². The lowest BCUT2D eigenvalue weighted by Gasteiger charge is -2.22. The lowest BCUT2D eigenvalue weighted by atomic mass is 10.2. The second-order valence-corrected chi connectivity index (χ2v) is 6.72. The summed E-state index contributed by atoms with van der Waals surface area (Å²) in [6, 6.07) is 3.77. The van der Waals surface area contributed by atoms with Gasteiger partial charge in [-0.2, -0.15) is 0 Å². The molecule has 0 unspecified atom stereocenters. The zero-order chi connectivity index (χ0) is 15.5. The van der Waals surface area contributed by atoms with Crippen LogP contribution in [0.5, 0.6) is 11.5 Å². The van der Waals surface area contributed by atoms with Gasteiger partial charge in [-0.15, -0.1) is 24.2 Å². The molecule has 0 atom stereocenters. The lowest BCUT2D eigenvalue weighted by Crippen LogP contribution is -2.29. The summed E-state index contributed by atoms with van der Waals surface area (Å²) in [7, 11) is 3.23. The van der Waals surface area contributed by atoms with E-state index in [9.17, 15) is 0 Å². The Labute approximate surface area is 150 Å². The molecule has 23 heavy (non-hydrogen) atoms. The first-order chi connectivity index (χ1) is 10.7. The van der Waals surface area contributed by atoms with Crippen LogP contribution in [0.15, 0.2) is 17.2 Å². The van der Waals surface area contributed by atoms with Crippen LogP contribution in [0.25, 0.3) is 10.9 Å². The first-order valence-corrected chi connectivity index (χ1v) is 8.43. The van der Waals surface area contributed by atoms with Crippen LogP contribution < -0.4 is 14.8 Å². The third-order valence-corrected chi connectivity index (χ3v) is 5.21. The van der Waals surface area contributed by atoms with Gasteiger partial charge in [-0.1, -0.05) is 0 Å². The highest BCUT2D eigenvalue weighted by atomic mass is 35.5. The van der Waals surface area contributed by atoms with Crippen molar-refractivity contribution in [2.45, 2.75) is 23.1 Å². The van der Waals surface area contributed by atoms with Gasteiger partial charge in [-0.3, -0.25) is 0 Å². The smallest absolute Gasteiger partial charge is 0.224 e. The Bertz CT molecular complexity index is 681. The molecule has 1 saturated heterocycles. The predicted molar refractivity (Wildman–Crippen MR) is 96.6 cm³/mol. The fourth-order valence-corrected chi connectivity index (χ4v) is 4.00. The van der Waals surface area contributed by atoms with Crippen molar-refractivity contribution in [3.8, 4) is 11.5 Å². The molecular formula is C15H19Cl2N3O2S. The van der Waals surface area contributed by atoms with Crippen LogP contribution in [-0.4, -0.2) is 42.5 Å². The number of nitrogens with zero attached hydrogens (tertiary/aromatic N) is 2. The first-order valence-electron chi connectivity index (χ1n) is 7.18. The molecule has 3 rings (SSSR count). The molecule has 1 aromatic carbocycles. The highest BCUT2D eigenvalue weighted by Gasteiger charge is 2.19. The monoisotopic (exact) mass is 375 g/mol. The Kier molecular flexibility index (Phi) is 6.59. The van der Waals surface area contributed by atoms with Gasteiger partial charge in [0, 0.05) is 16.7 Å². The number of thioether (sulfide) groups is 1. The van der Waals surface area contributed by atoms with Gasteiger partial charge in [0.15, 0.2) is 11.5 Å². The third kappa shape index (κ3) is 4.12. The molecule has 5 nitrogen and oxygen atoms in total. The molecule has 126 valence electrons. The van der Waals surface area contributed by atoms with Crippen LogP contribution in [-0.2, 0) is 0 Å². The van der Waals surface area contributed by atoms with Crippen molar-refractivity contribution in [3.05, 3.63) is 17.4 Å². The van der Waals surface area contributed by atoms with Crippen LogP contribution in [0, 0.1) is 0 Å². The van der Waals surface area contributed by atoms with Gasteiger partial charge in [0.05, 0.1) is 19.7 Å². The van der Waals surface area contributed by atoms with Crippen molar-refractivity contribution in [2.75, 3.05) is 27.3 Å². The maximum Gasteiger partial charge on any atom is 0.224 e. The first kappa shape index (κ1) is 18.4. The van der Waals surface area contributed by atoms with Crippen LogP contribution in [0.3, 0.4) is 0 Å². The summed E-state index contributed by atoms with van der Waals surface area (Å²) in [4.78, 5) is 8.73. The molecule has 0 spiro atoms. The summed E-state index contributed by atoms with van der Waals surface area (Å²) in [6.07, 6.45) is 2.25. The average Bonchev–Trinajstić information content (AvgIpc) is 2.54. The van der Waals surface area contributed by atoms with E-state index in [1.54, 1.807) is 26.0 Å². The molecule has 0 bridgehead atoms. The van der Waals surface area contributed by atoms with Crippen molar-refractivity contribution in [1.29, 1.82) is 0 Å². The quantitative estimate of drug-likeness (QED) is 0.651. The maximum atomic E-state index is 6.09. The Morgan fingerprint density at radius 2 is 1.78 bits per heavy atom.